The molecule has 0 spiro atoms. The van der Waals surface area contributed by atoms with E-state index in [-0.39, 0.29) is 49.4 Å². The van der Waals surface area contributed by atoms with Crippen molar-refractivity contribution in [3.05, 3.63) is 52.5 Å². The van der Waals surface area contributed by atoms with Crippen molar-refractivity contribution < 1.29 is 44.1 Å². The smallest absolute Gasteiger partial charge is 0.192 e. The summed E-state index contributed by atoms with van der Waals surface area (Å²) in [5, 5.41) is 41.8. The summed E-state index contributed by atoms with van der Waals surface area (Å²) in [6, 6.07) is 10.4. The van der Waals surface area contributed by atoms with E-state index in [0.29, 0.717) is 12.0 Å². The third kappa shape index (κ3) is 6.48. The number of rotatable bonds is 13. The molecule has 37 heavy (non-hydrogen) atoms. The van der Waals surface area contributed by atoms with Gasteiger partial charge in [0.25, 0.3) is 0 Å². The first kappa shape index (κ1) is 29.0. The van der Waals surface area contributed by atoms with E-state index in [0.717, 1.165) is 11.3 Å². The number of terminal acetylenes is 1. The molecule has 1 fully saturated rings. The maximum absolute atomic E-state index is 11.6. The molecule has 5 atom stereocenters. The van der Waals surface area contributed by atoms with Gasteiger partial charge in [-0.1, -0.05) is 35.7 Å². The number of methoxy groups -OCH3 is 2. The third-order valence-electron chi connectivity index (χ3n) is 6.41. The number of aliphatic hydroxyl groups is 4. The van der Waals surface area contributed by atoms with Crippen molar-refractivity contribution in [2.24, 2.45) is 0 Å². The van der Waals surface area contributed by atoms with Gasteiger partial charge in [-0.05, 0) is 36.6 Å². The summed E-state index contributed by atoms with van der Waals surface area (Å²) in [6.45, 7) is -0.142. The Morgan fingerprint density at radius 1 is 1.14 bits per heavy atom. The summed E-state index contributed by atoms with van der Waals surface area (Å²) < 4.78 is 27.8. The molecule has 4 N–H and O–H groups in total. The molecule has 2 aromatic rings. The number of aliphatic hydroxyl groups excluding tert-OH is 3. The zero-order chi connectivity index (χ0) is 27.0. The molecule has 0 bridgehead atoms. The van der Waals surface area contributed by atoms with Gasteiger partial charge in [0.1, 0.15) is 12.5 Å². The second-order valence-electron chi connectivity index (χ2n) is 8.64. The number of benzene rings is 2. The van der Waals surface area contributed by atoms with E-state index in [1.807, 2.05) is 24.3 Å². The molecule has 0 aliphatic heterocycles. The number of hydrogen-bond donors (Lipinski definition) is 4. The van der Waals surface area contributed by atoms with Crippen molar-refractivity contribution in [1.82, 2.24) is 0 Å². The van der Waals surface area contributed by atoms with Crippen LogP contribution in [0.1, 0.15) is 36.5 Å². The van der Waals surface area contributed by atoms with Crippen LogP contribution < -0.4 is 14.2 Å². The van der Waals surface area contributed by atoms with E-state index in [1.54, 1.807) is 13.2 Å². The third-order valence-corrected chi connectivity index (χ3v) is 6.80. The molecule has 2 aromatic carbocycles. The van der Waals surface area contributed by atoms with Gasteiger partial charge in [-0.15, -0.1) is 6.42 Å². The van der Waals surface area contributed by atoms with Crippen LogP contribution in [-0.4, -0.2) is 72.0 Å². The zero-order valence-electron chi connectivity index (χ0n) is 20.8. The summed E-state index contributed by atoms with van der Waals surface area (Å²) >= 11 is 6.51. The predicted octanol–water partition coefficient (Wildman–Crippen LogP) is 2.60. The molecule has 0 unspecified atom stereocenters. The molecule has 0 heterocycles. The average molecular weight is 537 g/mol. The summed E-state index contributed by atoms with van der Waals surface area (Å²) in [6.07, 6.45) is 1.75. The summed E-state index contributed by atoms with van der Waals surface area (Å²) in [5.41, 5.74) is -0.784. The van der Waals surface area contributed by atoms with Crippen LogP contribution in [0.3, 0.4) is 0 Å². The van der Waals surface area contributed by atoms with Crippen LogP contribution in [0, 0.1) is 12.3 Å². The van der Waals surface area contributed by atoms with Crippen molar-refractivity contribution in [1.29, 1.82) is 0 Å². The Morgan fingerprint density at radius 2 is 1.86 bits per heavy atom. The van der Waals surface area contributed by atoms with Crippen molar-refractivity contribution in [3.8, 4) is 29.6 Å². The van der Waals surface area contributed by atoms with Crippen molar-refractivity contribution >= 4 is 11.6 Å². The Bertz CT molecular complexity index is 1060. The lowest BCUT2D eigenvalue weighted by Crippen LogP contribution is -2.58. The molecule has 1 aliphatic rings. The first-order chi connectivity index (χ1) is 17.8. The molecule has 1 aliphatic carbocycles. The fourth-order valence-electron chi connectivity index (χ4n) is 4.30. The average Bonchev–Trinajstić information content (AvgIpc) is 3.19. The summed E-state index contributed by atoms with van der Waals surface area (Å²) in [5.74, 6) is 3.32. The molecule has 0 amide bonds. The van der Waals surface area contributed by atoms with E-state index >= 15 is 0 Å². The lowest BCUT2D eigenvalue weighted by atomic mass is 9.90. The van der Waals surface area contributed by atoms with Crippen molar-refractivity contribution in [2.45, 2.75) is 55.9 Å². The van der Waals surface area contributed by atoms with Gasteiger partial charge in [0.15, 0.2) is 23.2 Å². The quantitative estimate of drug-likeness (QED) is 0.173. The highest BCUT2D eigenvalue weighted by molar-refractivity contribution is 6.33. The highest BCUT2D eigenvalue weighted by Gasteiger charge is 2.56. The van der Waals surface area contributed by atoms with Crippen LogP contribution in [0.2, 0.25) is 5.02 Å². The molecule has 202 valence electrons. The number of hydrogen-bond acceptors (Lipinski definition) is 9. The topological polar surface area (TPSA) is 127 Å². The summed E-state index contributed by atoms with van der Waals surface area (Å²) in [4.78, 5) is 0. The zero-order valence-corrected chi connectivity index (χ0v) is 21.6. The lowest BCUT2D eigenvalue weighted by molar-refractivity contribution is -0.196. The highest BCUT2D eigenvalue weighted by Crippen LogP contribution is 2.44. The van der Waals surface area contributed by atoms with E-state index in [4.69, 9.17) is 41.7 Å². The van der Waals surface area contributed by atoms with Crippen LogP contribution in [0.4, 0.5) is 0 Å². The normalized spacial score (nSPS) is 22.8. The van der Waals surface area contributed by atoms with Gasteiger partial charge >= 0.3 is 0 Å². The first-order valence-electron chi connectivity index (χ1n) is 11.8. The van der Waals surface area contributed by atoms with Gasteiger partial charge in [0.05, 0.1) is 44.2 Å². The minimum atomic E-state index is -1.98. The van der Waals surface area contributed by atoms with E-state index in [1.165, 1.54) is 13.2 Å². The maximum atomic E-state index is 11.6. The van der Waals surface area contributed by atoms with Crippen molar-refractivity contribution in [3.63, 3.8) is 0 Å². The monoisotopic (exact) mass is 536 g/mol. The van der Waals surface area contributed by atoms with Crippen LogP contribution in [-0.2, 0) is 16.1 Å². The van der Waals surface area contributed by atoms with Gasteiger partial charge in [0.2, 0.25) is 0 Å². The predicted molar refractivity (Wildman–Crippen MR) is 136 cm³/mol. The molecule has 0 saturated heterocycles. The van der Waals surface area contributed by atoms with E-state index in [2.05, 4.69) is 5.92 Å². The lowest BCUT2D eigenvalue weighted by Gasteiger charge is -2.37. The Kier molecular flexibility index (Phi) is 10.4. The largest absolute Gasteiger partial charge is 0.497 e. The molecular formula is C27H33ClO9. The maximum Gasteiger partial charge on any atom is 0.192 e. The number of halogens is 1. The standard InChI is InChI=1S/C27H33ClO9/c1-4-23(37-26-21(34-3)10-9-19(25(26)28)20(30)13-14-29)27(32)22(31)11-12-24(27)36-16-35-15-17-5-7-18(33-2)8-6-17/h1,5-10,20,22-24,29-32H,11-16H2,2-3H3/t20-,22-,23-,24+,27+/m1/s1. The van der Waals surface area contributed by atoms with Crippen LogP contribution in [0.15, 0.2) is 36.4 Å². The highest BCUT2D eigenvalue weighted by atomic mass is 35.5. The second kappa shape index (κ2) is 13.3. The van der Waals surface area contributed by atoms with Crippen LogP contribution in [0.25, 0.3) is 0 Å². The molecule has 0 aromatic heterocycles. The molecule has 9 nitrogen and oxygen atoms in total. The van der Waals surface area contributed by atoms with Crippen molar-refractivity contribution in [2.75, 3.05) is 27.6 Å². The van der Waals surface area contributed by atoms with Gasteiger partial charge in [-0.3, -0.25) is 0 Å². The summed E-state index contributed by atoms with van der Waals surface area (Å²) in [7, 11) is 2.99. The Labute approximate surface area is 221 Å². The molecular weight excluding hydrogens is 504 g/mol. The molecule has 3 rings (SSSR count). The van der Waals surface area contributed by atoms with Gasteiger partial charge in [0, 0.05) is 18.6 Å². The Morgan fingerprint density at radius 3 is 2.49 bits per heavy atom. The number of ether oxygens (including phenoxy) is 5. The molecule has 0 radical (unpaired) electrons. The van der Waals surface area contributed by atoms with E-state index < -0.39 is 30.0 Å². The van der Waals surface area contributed by atoms with Gasteiger partial charge in [-0.2, -0.15) is 0 Å². The molecule has 1 saturated carbocycles. The minimum absolute atomic E-state index is 0.0105. The fourth-order valence-corrected chi connectivity index (χ4v) is 4.62. The van der Waals surface area contributed by atoms with Crippen LogP contribution >= 0.6 is 11.6 Å². The fraction of sp³-hybridized carbons (Fsp3) is 0.481. The SMILES string of the molecule is C#C[C@@H](Oc1c(OC)ccc([C@H](O)CCO)c1Cl)[C@@]1(O)[C@H](O)CC[C@@H]1OCOCc1ccc(OC)cc1. The first-order valence-corrected chi connectivity index (χ1v) is 12.2. The van der Waals surface area contributed by atoms with Gasteiger partial charge < -0.3 is 44.1 Å². The molecule has 10 heteroatoms. The Hall–Kier alpha value is -2.55. The Balaban J connectivity index is 1.74. The van der Waals surface area contributed by atoms with Crippen LogP contribution in [0.5, 0.6) is 17.2 Å². The van der Waals surface area contributed by atoms with Gasteiger partial charge in [-0.25, -0.2) is 0 Å². The van der Waals surface area contributed by atoms with E-state index in [9.17, 15) is 20.4 Å². The minimum Gasteiger partial charge on any atom is -0.497 e. The second-order valence-corrected chi connectivity index (χ2v) is 9.02.